The minimum absolute atomic E-state index is 0.185. The standard InChI is InChI=1S/C9H14N2O2/c1-5-7-6(2)13-9(11(3)4)10-8(7)12/h5H2,1-4H3. The van der Waals surface area contributed by atoms with Gasteiger partial charge in [0.05, 0.1) is 5.56 Å². The molecule has 0 saturated carbocycles. The van der Waals surface area contributed by atoms with E-state index < -0.39 is 0 Å². The quantitative estimate of drug-likeness (QED) is 0.683. The summed E-state index contributed by atoms with van der Waals surface area (Å²) in [5.74, 6) is 0.659. The van der Waals surface area contributed by atoms with Crippen LogP contribution < -0.4 is 10.5 Å². The summed E-state index contributed by atoms with van der Waals surface area (Å²) in [6.45, 7) is 3.70. The molecule has 1 rings (SSSR count). The van der Waals surface area contributed by atoms with Crippen molar-refractivity contribution in [1.29, 1.82) is 0 Å². The maximum Gasteiger partial charge on any atom is 0.300 e. The van der Waals surface area contributed by atoms with Crippen LogP contribution in [0.2, 0.25) is 0 Å². The lowest BCUT2D eigenvalue weighted by Gasteiger charge is -2.10. The molecule has 0 bridgehead atoms. The second-order valence-corrected chi connectivity index (χ2v) is 3.08. The van der Waals surface area contributed by atoms with Crippen LogP contribution in [0.5, 0.6) is 0 Å². The molecule has 0 fully saturated rings. The summed E-state index contributed by atoms with van der Waals surface area (Å²) in [7, 11) is 3.58. The summed E-state index contributed by atoms with van der Waals surface area (Å²) in [5, 5.41) is 0. The zero-order valence-corrected chi connectivity index (χ0v) is 8.42. The van der Waals surface area contributed by atoms with E-state index in [0.29, 0.717) is 23.8 Å². The van der Waals surface area contributed by atoms with Crippen LogP contribution in [0.3, 0.4) is 0 Å². The van der Waals surface area contributed by atoms with Crippen LogP contribution >= 0.6 is 0 Å². The van der Waals surface area contributed by atoms with Crippen molar-refractivity contribution in [3.8, 4) is 0 Å². The van der Waals surface area contributed by atoms with E-state index in [1.807, 2.05) is 6.92 Å². The third-order valence-corrected chi connectivity index (χ3v) is 1.86. The normalized spacial score (nSPS) is 10.2. The zero-order chi connectivity index (χ0) is 10.0. The third-order valence-electron chi connectivity index (χ3n) is 1.86. The van der Waals surface area contributed by atoms with Gasteiger partial charge >= 0.3 is 0 Å². The number of anilines is 1. The van der Waals surface area contributed by atoms with Gasteiger partial charge in [0.2, 0.25) is 0 Å². The number of hydrogen-bond donors (Lipinski definition) is 0. The minimum atomic E-state index is -0.185. The second-order valence-electron chi connectivity index (χ2n) is 3.08. The molecule has 0 atom stereocenters. The average Bonchev–Trinajstić information content (AvgIpc) is 2.03. The lowest BCUT2D eigenvalue weighted by atomic mass is 10.2. The smallest absolute Gasteiger partial charge is 0.300 e. The maximum absolute atomic E-state index is 11.4. The Bertz CT molecular complexity index is 355. The van der Waals surface area contributed by atoms with Gasteiger partial charge in [0.15, 0.2) is 0 Å². The average molecular weight is 182 g/mol. The minimum Gasteiger partial charge on any atom is -0.430 e. The van der Waals surface area contributed by atoms with Gasteiger partial charge in [-0.2, -0.15) is 4.98 Å². The predicted octanol–water partition coefficient (Wildman–Crippen LogP) is 0.972. The van der Waals surface area contributed by atoms with Gasteiger partial charge in [0, 0.05) is 14.1 Å². The fraction of sp³-hybridized carbons (Fsp3) is 0.556. The van der Waals surface area contributed by atoms with Crippen LogP contribution in [0, 0.1) is 6.92 Å². The lowest BCUT2D eigenvalue weighted by Crippen LogP contribution is -2.20. The molecule has 13 heavy (non-hydrogen) atoms. The Balaban J connectivity index is 3.29. The van der Waals surface area contributed by atoms with E-state index >= 15 is 0 Å². The topological polar surface area (TPSA) is 46.3 Å². The van der Waals surface area contributed by atoms with Crippen molar-refractivity contribution in [1.82, 2.24) is 4.98 Å². The fourth-order valence-electron chi connectivity index (χ4n) is 1.12. The number of aryl methyl sites for hydroxylation is 1. The first-order chi connectivity index (χ1) is 6.06. The van der Waals surface area contributed by atoms with E-state index in [4.69, 9.17) is 4.42 Å². The van der Waals surface area contributed by atoms with Gasteiger partial charge in [-0.15, -0.1) is 0 Å². The SMILES string of the molecule is CCc1c(C)oc(N(C)C)nc1=O. The van der Waals surface area contributed by atoms with Gasteiger partial charge in [-0.05, 0) is 13.3 Å². The Labute approximate surface area is 77.2 Å². The van der Waals surface area contributed by atoms with Crippen LogP contribution in [-0.4, -0.2) is 19.1 Å². The highest BCUT2D eigenvalue weighted by atomic mass is 16.4. The van der Waals surface area contributed by atoms with Crippen LogP contribution in [0.1, 0.15) is 18.2 Å². The van der Waals surface area contributed by atoms with Gasteiger partial charge in [-0.3, -0.25) is 4.79 Å². The Kier molecular flexibility index (Phi) is 2.70. The maximum atomic E-state index is 11.4. The van der Waals surface area contributed by atoms with E-state index in [-0.39, 0.29) is 5.56 Å². The molecule has 0 aliphatic rings. The van der Waals surface area contributed by atoms with E-state index in [1.165, 1.54) is 0 Å². The summed E-state index contributed by atoms with van der Waals surface area (Å²) in [6.07, 6.45) is 0.662. The van der Waals surface area contributed by atoms with Crippen LogP contribution in [-0.2, 0) is 6.42 Å². The first kappa shape index (κ1) is 9.77. The monoisotopic (exact) mass is 182 g/mol. The molecule has 72 valence electrons. The first-order valence-corrected chi connectivity index (χ1v) is 4.24. The first-order valence-electron chi connectivity index (χ1n) is 4.24. The fourth-order valence-corrected chi connectivity index (χ4v) is 1.12. The largest absolute Gasteiger partial charge is 0.430 e. The van der Waals surface area contributed by atoms with Crippen molar-refractivity contribution in [2.24, 2.45) is 0 Å². The summed E-state index contributed by atoms with van der Waals surface area (Å²) < 4.78 is 5.36. The van der Waals surface area contributed by atoms with E-state index in [1.54, 1.807) is 25.9 Å². The molecule has 0 N–H and O–H groups in total. The van der Waals surface area contributed by atoms with E-state index in [0.717, 1.165) is 0 Å². The zero-order valence-electron chi connectivity index (χ0n) is 8.42. The molecule has 4 heteroatoms. The van der Waals surface area contributed by atoms with Crippen molar-refractivity contribution in [2.45, 2.75) is 20.3 Å². The summed E-state index contributed by atoms with van der Waals surface area (Å²) >= 11 is 0. The molecule has 0 aliphatic carbocycles. The molecule has 0 unspecified atom stereocenters. The van der Waals surface area contributed by atoms with E-state index in [9.17, 15) is 4.79 Å². The van der Waals surface area contributed by atoms with Gasteiger partial charge in [0.25, 0.3) is 11.6 Å². The highest BCUT2D eigenvalue weighted by Crippen LogP contribution is 2.10. The van der Waals surface area contributed by atoms with Crippen molar-refractivity contribution in [2.75, 3.05) is 19.0 Å². The molecular formula is C9H14N2O2. The number of hydrogen-bond acceptors (Lipinski definition) is 4. The Morgan fingerprint density at radius 3 is 2.46 bits per heavy atom. The molecule has 0 amide bonds. The van der Waals surface area contributed by atoms with Crippen molar-refractivity contribution < 1.29 is 4.42 Å². The molecule has 0 radical (unpaired) electrons. The number of rotatable bonds is 2. The summed E-state index contributed by atoms with van der Waals surface area (Å²) in [4.78, 5) is 16.9. The molecule has 1 aromatic rings. The Morgan fingerprint density at radius 1 is 1.46 bits per heavy atom. The number of aromatic nitrogens is 1. The molecule has 0 aromatic carbocycles. The Hall–Kier alpha value is -1.32. The number of nitrogens with zero attached hydrogens (tertiary/aromatic N) is 2. The molecular weight excluding hydrogens is 168 g/mol. The highest BCUT2D eigenvalue weighted by Gasteiger charge is 2.09. The van der Waals surface area contributed by atoms with Gasteiger partial charge < -0.3 is 9.32 Å². The lowest BCUT2D eigenvalue weighted by molar-refractivity contribution is 0.486. The van der Waals surface area contributed by atoms with Crippen LogP contribution in [0.4, 0.5) is 6.01 Å². The molecule has 1 heterocycles. The van der Waals surface area contributed by atoms with Crippen LogP contribution in [0.25, 0.3) is 0 Å². The van der Waals surface area contributed by atoms with Crippen LogP contribution in [0.15, 0.2) is 9.21 Å². The van der Waals surface area contributed by atoms with Crippen molar-refractivity contribution in [3.63, 3.8) is 0 Å². The summed E-state index contributed by atoms with van der Waals surface area (Å²) in [5.41, 5.74) is 0.473. The molecule has 0 saturated heterocycles. The molecule has 0 spiro atoms. The molecule has 1 aromatic heterocycles. The third kappa shape index (κ3) is 1.88. The second kappa shape index (κ2) is 3.60. The molecule has 0 aliphatic heterocycles. The van der Waals surface area contributed by atoms with Gasteiger partial charge in [0.1, 0.15) is 5.76 Å². The van der Waals surface area contributed by atoms with Crippen molar-refractivity contribution in [3.05, 3.63) is 21.7 Å². The highest BCUT2D eigenvalue weighted by molar-refractivity contribution is 5.25. The predicted molar refractivity (Wildman–Crippen MR) is 51.2 cm³/mol. The van der Waals surface area contributed by atoms with Gasteiger partial charge in [-0.1, -0.05) is 6.92 Å². The van der Waals surface area contributed by atoms with E-state index in [2.05, 4.69) is 4.98 Å². The van der Waals surface area contributed by atoms with Crippen molar-refractivity contribution >= 4 is 6.01 Å². The summed E-state index contributed by atoms with van der Waals surface area (Å²) in [6, 6.07) is 0.361. The van der Waals surface area contributed by atoms with Gasteiger partial charge in [-0.25, -0.2) is 0 Å². The Morgan fingerprint density at radius 2 is 2.08 bits per heavy atom. The molecule has 4 nitrogen and oxygen atoms in total.